The standard InChI is InChI=1S/C17H32N2O3/c1-5-7-12(8-6-2)16(19-11(3)20)14-9-13(10-15(14)18)17(21)22-4/h12-16H,5-10,18H2,1-4H3,(H,19,20)/t13-,14-,15-,16?/m1/s1. The molecule has 22 heavy (non-hydrogen) atoms. The van der Waals surface area contributed by atoms with Gasteiger partial charge in [0.15, 0.2) is 0 Å². The molecule has 5 nitrogen and oxygen atoms in total. The molecule has 0 aromatic rings. The number of rotatable bonds is 8. The van der Waals surface area contributed by atoms with Crippen LogP contribution in [-0.4, -0.2) is 31.1 Å². The second-order valence-corrected chi connectivity index (χ2v) is 6.58. The van der Waals surface area contributed by atoms with Crippen molar-refractivity contribution in [1.29, 1.82) is 0 Å². The third-order valence-electron chi connectivity index (χ3n) is 4.86. The molecule has 0 radical (unpaired) electrons. The Kier molecular flexibility index (Phi) is 7.87. The summed E-state index contributed by atoms with van der Waals surface area (Å²) >= 11 is 0. The zero-order valence-electron chi connectivity index (χ0n) is 14.4. The van der Waals surface area contributed by atoms with Crippen LogP contribution in [0.25, 0.3) is 0 Å². The lowest BCUT2D eigenvalue weighted by atomic mass is 9.80. The van der Waals surface area contributed by atoms with Gasteiger partial charge in [-0.15, -0.1) is 0 Å². The van der Waals surface area contributed by atoms with Crippen molar-refractivity contribution in [2.45, 2.75) is 71.4 Å². The summed E-state index contributed by atoms with van der Waals surface area (Å²) in [6.45, 7) is 5.89. The van der Waals surface area contributed by atoms with Gasteiger partial charge >= 0.3 is 5.97 Å². The van der Waals surface area contributed by atoms with E-state index in [1.165, 1.54) is 7.11 Å². The molecule has 0 saturated heterocycles. The summed E-state index contributed by atoms with van der Waals surface area (Å²) in [6, 6.07) is -0.000724. The number of nitrogens with two attached hydrogens (primary N) is 1. The molecule has 0 spiro atoms. The van der Waals surface area contributed by atoms with E-state index in [0.717, 1.165) is 25.7 Å². The van der Waals surface area contributed by atoms with Crippen molar-refractivity contribution < 1.29 is 14.3 Å². The van der Waals surface area contributed by atoms with Crippen LogP contribution < -0.4 is 11.1 Å². The van der Waals surface area contributed by atoms with Crippen molar-refractivity contribution in [2.75, 3.05) is 7.11 Å². The van der Waals surface area contributed by atoms with E-state index in [1.54, 1.807) is 6.92 Å². The average molecular weight is 312 g/mol. The zero-order valence-corrected chi connectivity index (χ0v) is 14.4. The number of amides is 1. The van der Waals surface area contributed by atoms with Gasteiger partial charge in [0.1, 0.15) is 0 Å². The molecule has 0 aromatic carbocycles. The van der Waals surface area contributed by atoms with Gasteiger partial charge in [0.25, 0.3) is 0 Å². The maximum atomic E-state index is 11.8. The quantitative estimate of drug-likeness (QED) is 0.673. The Bertz CT molecular complexity index is 367. The third kappa shape index (κ3) is 4.97. The van der Waals surface area contributed by atoms with Gasteiger partial charge < -0.3 is 15.8 Å². The van der Waals surface area contributed by atoms with Crippen molar-refractivity contribution in [3.05, 3.63) is 0 Å². The van der Waals surface area contributed by atoms with Crippen molar-refractivity contribution in [3.63, 3.8) is 0 Å². The molecule has 1 fully saturated rings. The van der Waals surface area contributed by atoms with Crippen molar-refractivity contribution >= 4 is 11.9 Å². The van der Waals surface area contributed by atoms with Crippen molar-refractivity contribution in [1.82, 2.24) is 5.32 Å². The Morgan fingerprint density at radius 3 is 2.27 bits per heavy atom. The maximum absolute atomic E-state index is 11.8. The summed E-state index contributed by atoms with van der Waals surface area (Å²) in [5.74, 6) is 0.241. The van der Waals surface area contributed by atoms with Crippen LogP contribution in [0.4, 0.5) is 0 Å². The number of esters is 1. The van der Waals surface area contributed by atoms with Gasteiger partial charge in [-0.25, -0.2) is 0 Å². The SMILES string of the molecule is CCCC(CCC)C(NC(C)=O)[C@@H]1C[C@@H](C(=O)OC)C[C@H]1N. The van der Waals surface area contributed by atoms with Gasteiger partial charge in [-0.1, -0.05) is 26.7 Å². The number of hydrogen-bond acceptors (Lipinski definition) is 4. The molecule has 1 aliphatic rings. The van der Waals surface area contributed by atoms with Gasteiger partial charge in [-0.3, -0.25) is 9.59 Å². The summed E-state index contributed by atoms with van der Waals surface area (Å²) in [5, 5.41) is 3.13. The minimum Gasteiger partial charge on any atom is -0.469 e. The lowest BCUT2D eigenvalue weighted by Gasteiger charge is -2.34. The van der Waals surface area contributed by atoms with Gasteiger partial charge in [-0.2, -0.15) is 0 Å². The van der Waals surface area contributed by atoms with E-state index in [4.69, 9.17) is 10.5 Å². The molecule has 128 valence electrons. The number of ether oxygens (including phenoxy) is 1. The molecule has 0 bridgehead atoms. The minimum absolute atomic E-state index is 0.0177. The van der Waals surface area contributed by atoms with Gasteiger partial charge in [0.05, 0.1) is 13.0 Å². The smallest absolute Gasteiger partial charge is 0.308 e. The van der Waals surface area contributed by atoms with E-state index >= 15 is 0 Å². The highest BCUT2D eigenvalue weighted by molar-refractivity contribution is 5.74. The number of carbonyl (C=O) groups is 2. The van der Waals surface area contributed by atoms with E-state index in [-0.39, 0.29) is 35.8 Å². The average Bonchev–Trinajstić information content (AvgIpc) is 2.85. The van der Waals surface area contributed by atoms with Crippen LogP contribution in [0.1, 0.15) is 59.3 Å². The molecule has 1 amide bonds. The largest absolute Gasteiger partial charge is 0.469 e. The normalized spacial score (nSPS) is 26.0. The van der Waals surface area contributed by atoms with Crippen LogP contribution in [0.5, 0.6) is 0 Å². The van der Waals surface area contributed by atoms with E-state index in [2.05, 4.69) is 19.2 Å². The Morgan fingerprint density at radius 1 is 1.23 bits per heavy atom. The van der Waals surface area contributed by atoms with Crippen LogP contribution in [0.15, 0.2) is 0 Å². The van der Waals surface area contributed by atoms with E-state index < -0.39 is 0 Å². The highest BCUT2D eigenvalue weighted by atomic mass is 16.5. The van der Waals surface area contributed by atoms with Crippen molar-refractivity contribution in [2.24, 2.45) is 23.5 Å². The molecule has 5 heteroatoms. The Labute approximate surface area is 134 Å². The summed E-state index contributed by atoms with van der Waals surface area (Å²) in [7, 11) is 1.42. The number of hydrogen-bond donors (Lipinski definition) is 2. The van der Waals surface area contributed by atoms with E-state index in [9.17, 15) is 9.59 Å². The predicted octanol–water partition coefficient (Wildman–Crippen LogP) is 2.23. The lowest BCUT2D eigenvalue weighted by Crippen LogP contribution is -2.49. The van der Waals surface area contributed by atoms with Gasteiger partial charge in [-0.05, 0) is 37.5 Å². The summed E-state index contributed by atoms with van der Waals surface area (Å²) in [5.41, 5.74) is 6.31. The van der Waals surface area contributed by atoms with Crippen molar-refractivity contribution in [3.8, 4) is 0 Å². The zero-order chi connectivity index (χ0) is 16.7. The molecule has 1 saturated carbocycles. The Hall–Kier alpha value is -1.10. The van der Waals surface area contributed by atoms with E-state index in [0.29, 0.717) is 18.8 Å². The van der Waals surface area contributed by atoms with Crippen LogP contribution in [0.3, 0.4) is 0 Å². The maximum Gasteiger partial charge on any atom is 0.308 e. The second kappa shape index (κ2) is 9.13. The number of methoxy groups -OCH3 is 1. The number of nitrogens with one attached hydrogen (secondary N) is 1. The lowest BCUT2D eigenvalue weighted by molar-refractivity contribution is -0.145. The molecule has 1 rings (SSSR count). The van der Waals surface area contributed by atoms with Crippen LogP contribution in [-0.2, 0) is 14.3 Å². The molecule has 3 N–H and O–H groups in total. The monoisotopic (exact) mass is 312 g/mol. The molecule has 1 unspecified atom stereocenters. The summed E-state index contributed by atoms with van der Waals surface area (Å²) in [4.78, 5) is 23.5. The second-order valence-electron chi connectivity index (χ2n) is 6.58. The fraction of sp³-hybridized carbons (Fsp3) is 0.882. The molecule has 0 aliphatic heterocycles. The number of carbonyl (C=O) groups excluding carboxylic acids is 2. The highest BCUT2D eigenvalue weighted by Gasteiger charge is 2.42. The molecular weight excluding hydrogens is 280 g/mol. The highest BCUT2D eigenvalue weighted by Crippen LogP contribution is 2.37. The van der Waals surface area contributed by atoms with Crippen LogP contribution in [0, 0.1) is 17.8 Å². The first-order valence-electron chi connectivity index (χ1n) is 8.55. The minimum atomic E-state index is -0.179. The molecular formula is C17H32N2O3. The van der Waals surface area contributed by atoms with Gasteiger partial charge in [0, 0.05) is 19.0 Å². The fourth-order valence-corrected chi connectivity index (χ4v) is 3.93. The first-order chi connectivity index (χ1) is 10.4. The fourth-order valence-electron chi connectivity index (χ4n) is 3.93. The Balaban J connectivity index is 2.90. The molecule has 0 heterocycles. The Morgan fingerprint density at radius 2 is 1.82 bits per heavy atom. The van der Waals surface area contributed by atoms with Crippen LogP contribution in [0.2, 0.25) is 0 Å². The summed E-state index contributed by atoms with van der Waals surface area (Å²) in [6.07, 6.45) is 5.68. The summed E-state index contributed by atoms with van der Waals surface area (Å²) < 4.78 is 4.87. The molecule has 1 aliphatic carbocycles. The molecule has 0 aromatic heterocycles. The topological polar surface area (TPSA) is 81.4 Å². The van der Waals surface area contributed by atoms with E-state index in [1.807, 2.05) is 0 Å². The first kappa shape index (κ1) is 18.9. The first-order valence-corrected chi connectivity index (χ1v) is 8.55. The molecule has 4 atom stereocenters. The van der Waals surface area contributed by atoms with Crippen LogP contribution >= 0.6 is 0 Å². The predicted molar refractivity (Wildman–Crippen MR) is 87.1 cm³/mol. The third-order valence-corrected chi connectivity index (χ3v) is 4.86. The van der Waals surface area contributed by atoms with Gasteiger partial charge in [0.2, 0.25) is 5.91 Å².